The Morgan fingerprint density at radius 2 is 1.73 bits per heavy atom. The van der Waals surface area contributed by atoms with Crippen LogP contribution in [0.4, 0.5) is 0 Å². The Morgan fingerprint density at radius 3 is 2.20 bits per heavy atom. The summed E-state index contributed by atoms with van der Waals surface area (Å²) in [6, 6.07) is 11.3. The van der Waals surface area contributed by atoms with Crippen LogP contribution in [-0.4, -0.2) is 0 Å². The Labute approximate surface area is 104 Å². The van der Waals surface area contributed by atoms with Gasteiger partial charge in [-0.2, -0.15) is 49.7 Å². The summed E-state index contributed by atoms with van der Waals surface area (Å²) in [5.41, 5.74) is 1.25. The van der Waals surface area contributed by atoms with Gasteiger partial charge in [-0.25, -0.2) is 0 Å². The Morgan fingerprint density at radius 1 is 1.13 bits per heavy atom. The third kappa shape index (κ3) is 5.01. The molecule has 2 rings (SSSR count). The monoisotopic (exact) mass is 240 g/mol. The molecule has 1 aromatic rings. The Kier molecular flexibility index (Phi) is 8.08. The van der Waals surface area contributed by atoms with Crippen LogP contribution in [0.3, 0.4) is 0 Å². The van der Waals surface area contributed by atoms with E-state index >= 15 is 0 Å². The third-order valence-electron chi connectivity index (χ3n) is 1.84. The maximum Gasteiger partial charge on any atom is 2.00 e. The second kappa shape index (κ2) is 8.52. The Bertz CT molecular complexity index is 286. The number of hydrogen-bond donors (Lipinski definition) is 0. The number of hydrogen-bond acceptors (Lipinski definition) is 0. The molecule has 15 heavy (non-hydrogen) atoms. The molecule has 0 heterocycles. The van der Waals surface area contributed by atoms with Crippen LogP contribution in [0.5, 0.6) is 0 Å². The minimum atomic E-state index is 0. The van der Waals surface area contributed by atoms with E-state index in [1.807, 2.05) is 38.5 Å². The minimum absolute atomic E-state index is 0. The summed E-state index contributed by atoms with van der Waals surface area (Å²) in [6.07, 6.45) is 10.5. The quantitative estimate of drug-likeness (QED) is 0.515. The Balaban J connectivity index is 0.000000443. The van der Waals surface area contributed by atoms with Crippen LogP contribution < -0.4 is 0 Å². The van der Waals surface area contributed by atoms with E-state index in [9.17, 15) is 0 Å². The zero-order chi connectivity index (χ0) is 10.2. The molecule has 0 N–H and O–H groups in total. The molecule has 0 saturated heterocycles. The topological polar surface area (TPSA) is 0 Å². The molecule has 0 nitrogen and oxygen atoms in total. The van der Waals surface area contributed by atoms with Crippen molar-refractivity contribution in [1.29, 1.82) is 0 Å². The van der Waals surface area contributed by atoms with E-state index in [4.69, 9.17) is 0 Å². The molecule has 0 amide bonds. The van der Waals surface area contributed by atoms with Crippen molar-refractivity contribution in [3.05, 3.63) is 66.6 Å². The van der Waals surface area contributed by atoms with Crippen molar-refractivity contribution in [2.24, 2.45) is 0 Å². The van der Waals surface area contributed by atoms with Crippen LogP contribution in [0.2, 0.25) is 0 Å². The van der Waals surface area contributed by atoms with Gasteiger partial charge in [-0.05, 0) is 5.92 Å². The van der Waals surface area contributed by atoms with Gasteiger partial charge in [-0.15, -0.1) is 0 Å². The van der Waals surface area contributed by atoms with Gasteiger partial charge in [0, 0.05) is 0 Å². The zero-order valence-corrected chi connectivity index (χ0v) is 10.2. The zero-order valence-electron chi connectivity index (χ0n) is 9.13. The Hall–Kier alpha value is -0.781. The van der Waals surface area contributed by atoms with E-state index in [0.29, 0.717) is 5.92 Å². The minimum Gasteiger partial charge on any atom is -0.335 e. The molecule has 0 aromatic heterocycles. The molecule has 0 unspecified atom stereocenters. The molecule has 80 valence electrons. The van der Waals surface area contributed by atoms with Gasteiger partial charge < -0.3 is 6.42 Å². The average molecular weight is 240 g/mol. The second-order valence-corrected chi connectivity index (χ2v) is 3.19. The van der Waals surface area contributed by atoms with Crippen molar-refractivity contribution in [1.82, 2.24) is 0 Å². The first-order valence-electron chi connectivity index (χ1n) is 4.94. The molecule has 0 spiro atoms. The van der Waals surface area contributed by atoms with Crippen molar-refractivity contribution in [3.8, 4) is 0 Å². The number of allylic oxidation sites excluding steroid dienone is 4. The van der Waals surface area contributed by atoms with Crippen LogP contribution in [0.15, 0.2) is 48.6 Å². The van der Waals surface area contributed by atoms with Gasteiger partial charge in [0.15, 0.2) is 0 Å². The third-order valence-corrected chi connectivity index (χ3v) is 1.84. The SMILES string of the molecule is C[CH-]C.[Fe+2].[c-]1ccccc1C1C=CC=C1. The number of rotatable bonds is 1. The van der Waals surface area contributed by atoms with Gasteiger partial charge >= 0.3 is 17.1 Å². The summed E-state index contributed by atoms with van der Waals surface area (Å²) < 4.78 is 0. The van der Waals surface area contributed by atoms with Crippen LogP contribution in [-0.2, 0) is 17.1 Å². The molecule has 1 aliphatic carbocycles. The van der Waals surface area contributed by atoms with Crippen LogP contribution in [0.25, 0.3) is 0 Å². The van der Waals surface area contributed by atoms with Gasteiger partial charge in [0.1, 0.15) is 0 Å². The van der Waals surface area contributed by atoms with Crippen molar-refractivity contribution in [2.45, 2.75) is 19.8 Å². The fourth-order valence-corrected chi connectivity index (χ4v) is 1.25. The van der Waals surface area contributed by atoms with Crippen LogP contribution in [0, 0.1) is 12.5 Å². The smallest absolute Gasteiger partial charge is 0.335 e. The van der Waals surface area contributed by atoms with E-state index in [0.717, 1.165) is 0 Å². The van der Waals surface area contributed by atoms with E-state index < -0.39 is 0 Å². The van der Waals surface area contributed by atoms with Gasteiger partial charge in [-0.1, -0.05) is 24.3 Å². The van der Waals surface area contributed by atoms with Crippen LogP contribution in [0.1, 0.15) is 25.3 Å². The summed E-state index contributed by atoms with van der Waals surface area (Å²) >= 11 is 0. The van der Waals surface area contributed by atoms with Gasteiger partial charge in [0.2, 0.25) is 0 Å². The summed E-state index contributed by atoms with van der Waals surface area (Å²) in [7, 11) is 0. The van der Waals surface area contributed by atoms with Crippen molar-refractivity contribution in [3.63, 3.8) is 0 Å². The summed E-state index contributed by atoms with van der Waals surface area (Å²) in [5.74, 6) is 0.455. The molecule has 0 saturated carbocycles. The fourth-order valence-electron chi connectivity index (χ4n) is 1.25. The predicted molar refractivity (Wildman–Crippen MR) is 61.9 cm³/mol. The molecule has 1 heteroatoms. The summed E-state index contributed by atoms with van der Waals surface area (Å²) in [6.45, 7) is 4.00. The average Bonchev–Trinajstić information content (AvgIpc) is 2.73. The maximum atomic E-state index is 3.21. The van der Waals surface area contributed by atoms with Crippen molar-refractivity contribution < 1.29 is 17.1 Å². The standard InChI is InChI=1S/C11H9.C3H7.Fe/c1-2-6-10(7-3-1)11-8-4-5-9-11;1-3-2;/h1-6,8-9,11H;3H,1-2H3;/q2*-1;+2. The molecular weight excluding hydrogens is 224 g/mol. The van der Waals surface area contributed by atoms with E-state index in [1.165, 1.54) is 5.56 Å². The van der Waals surface area contributed by atoms with Gasteiger partial charge in [0.05, 0.1) is 0 Å². The molecule has 0 radical (unpaired) electrons. The van der Waals surface area contributed by atoms with E-state index in [-0.39, 0.29) is 17.1 Å². The van der Waals surface area contributed by atoms with E-state index in [2.05, 4.69) is 36.4 Å². The van der Waals surface area contributed by atoms with Crippen molar-refractivity contribution >= 4 is 0 Å². The first-order valence-corrected chi connectivity index (χ1v) is 4.94. The number of benzene rings is 1. The first-order chi connectivity index (χ1) is 6.88. The molecule has 0 fully saturated rings. The molecular formula is C14H16Fe. The maximum absolute atomic E-state index is 3.21. The molecule has 0 bridgehead atoms. The summed E-state index contributed by atoms with van der Waals surface area (Å²) in [4.78, 5) is 0. The van der Waals surface area contributed by atoms with Gasteiger partial charge in [0.25, 0.3) is 0 Å². The van der Waals surface area contributed by atoms with Crippen molar-refractivity contribution in [2.75, 3.05) is 0 Å². The predicted octanol–water partition coefficient (Wildman–Crippen LogP) is 3.92. The normalized spacial score (nSPS) is 12.9. The van der Waals surface area contributed by atoms with E-state index in [1.54, 1.807) is 0 Å². The van der Waals surface area contributed by atoms with Gasteiger partial charge in [-0.3, -0.25) is 0 Å². The van der Waals surface area contributed by atoms with Crippen LogP contribution >= 0.6 is 0 Å². The second-order valence-electron chi connectivity index (χ2n) is 3.19. The first kappa shape index (κ1) is 14.2. The molecule has 0 aliphatic heterocycles. The molecule has 1 aliphatic rings. The molecule has 0 atom stereocenters. The molecule has 1 aromatic carbocycles. The summed E-state index contributed by atoms with van der Waals surface area (Å²) in [5, 5.41) is 0. The fraction of sp³-hybridized carbons (Fsp3) is 0.214. The largest absolute Gasteiger partial charge is 2.00 e.